The van der Waals surface area contributed by atoms with Crippen LogP contribution >= 0.6 is 0 Å². The number of nitrogens with zero attached hydrogens (tertiary/aromatic N) is 4. The quantitative estimate of drug-likeness (QED) is 0.128. The van der Waals surface area contributed by atoms with Crippen LogP contribution < -0.4 is 0 Å². The number of rotatable bonds is 12. The second-order valence-electron chi connectivity index (χ2n) is 12.1. The number of likely N-dealkylation sites (N-methyl/N-ethyl adjacent to an activating group) is 1. The van der Waals surface area contributed by atoms with E-state index >= 15 is 0 Å². The van der Waals surface area contributed by atoms with E-state index in [2.05, 4.69) is 55.7 Å². The Kier molecular flexibility index (Phi) is 9.98. The summed E-state index contributed by atoms with van der Waals surface area (Å²) in [5, 5.41) is 10.9. The summed E-state index contributed by atoms with van der Waals surface area (Å²) < 4.78 is 5.60. The molecule has 9 nitrogen and oxygen atoms in total. The van der Waals surface area contributed by atoms with Crippen LogP contribution in [0.3, 0.4) is 0 Å². The molecule has 5 rings (SSSR count). The van der Waals surface area contributed by atoms with Crippen molar-refractivity contribution in [1.82, 2.24) is 14.7 Å². The molecule has 0 spiro atoms. The van der Waals surface area contributed by atoms with Gasteiger partial charge < -0.3 is 19.4 Å². The number of nitro benzene ring substituents is 1. The normalized spacial score (nSPS) is 18.2. The number of ether oxygens (including phenoxy) is 1. The van der Waals surface area contributed by atoms with E-state index in [0.717, 1.165) is 50.0 Å². The molecule has 0 aromatic heterocycles. The van der Waals surface area contributed by atoms with Crippen LogP contribution in [-0.2, 0) is 16.8 Å². The van der Waals surface area contributed by atoms with Crippen LogP contribution in [0.4, 0.5) is 10.5 Å². The van der Waals surface area contributed by atoms with Crippen molar-refractivity contribution in [3.63, 3.8) is 0 Å². The molecule has 0 aliphatic carbocycles. The fraction of sp³-hybridized carbons (Fsp3) is 0.389. The number of nitro groups is 1. The average Bonchev–Trinajstić information content (AvgIpc) is 3.37. The molecule has 2 heterocycles. The number of benzene rings is 3. The van der Waals surface area contributed by atoms with Crippen LogP contribution in [0.5, 0.6) is 0 Å². The standard InChI is InChI=1S/C36H42N4O5/c1-4-22-39(35(42)45-26-27-15-17-30(18-16-27)40(43)44)29-19-23-37(24-20-29)25-21-36(3,28-11-7-6-8-12-28)33-31-13-9-10-14-32(31)34(41)38(33)5-2/h4,6-18,29,33H,1,5,19-26H2,2-3H3/t33-,36?/m1/s1. The molecule has 0 bridgehead atoms. The van der Waals surface area contributed by atoms with Crippen molar-refractivity contribution in [2.24, 2.45) is 0 Å². The van der Waals surface area contributed by atoms with Gasteiger partial charge in [0, 0.05) is 55.3 Å². The molecule has 9 heteroatoms. The van der Waals surface area contributed by atoms with E-state index < -0.39 is 11.0 Å². The molecule has 2 amide bonds. The van der Waals surface area contributed by atoms with Crippen molar-refractivity contribution in [3.05, 3.63) is 124 Å². The van der Waals surface area contributed by atoms with Gasteiger partial charge in [-0.05, 0) is 67.6 Å². The minimum atomic E-state index is -0.454. The van der Waals surface area contributed by atoms with Gasteiger partial charge in [-0.2, -0.15) is 0 Å². The van der Waals surface area contributed by atoms with Gasteiger partial charge in [-0.25, -0.2) is 4.79 Å². The van der Waals surface area contributed by atoms with Gasteiger partial charge in [0.05, 0.1) is 11.0 Å². The first kappa shape index (κ1) is 31.9. The van der Waals surface area contributed by atoms with Crippen molar-refractivity contribution < 1.29 is 19.2 Å². The molecule has 0 N–H and O–H groups in total. The number of fused-ring (bicyclic) bond motifs is 1. The maximum Gasteiger partial charge on any atom is 0.410 e. The first-order valence-electron chi connectivity index (χ1n) is 15.7. The summed E-state index contributed by atoms with van der Waals surface area (Å²) in [5.41, 5.74) is 3.51. The number of piperidine rings is 1. The number of hydrogen-bond acceptors (Lipinski definition) is 6. The third-order valence-corrected chi connectivity index (χ3v) is 9.45. The zero-order valence-corrected chi connectivity index (χ0v) is 26.1. The number of carbonyl (C=O) groups is 2. The third-order valence-electron chi connectivity index (χ3n) is 9.45. The smallest absolute Gasteiger partial charge is 0.410 e. The van der Waals surface area contributed by atoms with Crippen molar-refractivity contribution in [1.29, 1.82) is 0 Å². The van der Waals surface area contributed by atoms with Crippen LogP contribution in [0.15, 0.2) is 91.5 Å². The van der Waals surface area contributed by atoms with Gasteiger partial charge in [0.2, 0.25) is 0 Å². The lowest BCUT2D eigenvalue weighted by Crippen LogP contribution is -2.49. The molecule has 1 saturated heterocycles. The Morgan fingerprint density at radius 3 is 2.38 bits per heavy atom. The number of carbonyl (C=O) groups excluding carboxylic acids is 2. The van der Waals surface area contributed by atoms with E-state index in [0.29, 0.717) is 18.7 Å². The number of non-ortho nitro benzene ring substituents is 1. The predicted molar refractivity (Wildman–Crippen MR) is 174 cm³/mol. The number of likely N-dealkylation sites (tertiary alicyclic amines) is 1. The van der Waals surface area contributed by atoms with E-state index in [1.54, 1.807) is 23.1 Å². The Morgan fingerprint density at radius 2 is 1.73 bits per heavy atom. The van der Waals surface area contributed by atoms with Crippen molar-refractivity contribution >= 4 is 17.7 Å². The maximum absolute atomic E-state index is 13.4. The lowest BCUT2D eigenvalue weighted by molar-refractivity contribution is -0.384. The average molecular weight is 611 g/mol. The lowest BCUT2D eigenvalue weighted by Gasteiger charge is -2.43. The lowest BCUT2D eigenvalue weighted by atomic mass is 9.70. The number of amides is 2. The minimum Gasteiger partial charge on any atom is -0.445 e. The van der Waals surface area contributed by atoms with Gasteiger partial charge in [-0.3, -0.25) is 14.9 Å². The zero-order chi connectivity index (χ0) is 32.0. The fourth-order valence-electron chi connectivity index (χ4n) is 6.94. The second-order valence-corrected chi connectivity index (χ2v) is 12.1. The molecule has 45 heavy (non-hydrogen) atoms. The monoisotopic (exact) mass is 610 g/mol. The van der Waals surface area contributed by atoms with E-state index in [1.807, 2.05) is 29.2 Å². The molecular weight excluding hydrogens is 568 g/mol. The van der Waals surface area contributed by atoms with Crippen LogP contribution in [0.2, 0.25) is 0 Å². The number of hydrogen-bond donors (Lipinski definition) is 0. The maximum atomic E-state index is 13.4. The van der Waals surface area contributed by atoms with Crippen molar-refractivity contribution in [3.8, 4) is 0 Å². The van der Waals surface area contributed by atoms with E-state index in [1.165, 1.54) is 17.7 Å². The van der Waals surface area contributed by atoms with Gasteiger partial charge in [-0.15, -0.1) is 6.58 Å². The molecule has 236 valence electrons. The van der Waals surface area contributed by atoms with Gasteiger partial charge in [-0.1, -0.05) is 61.5 Å². The molecule has 3 aromatic rings. The SMILES string of the molecule is C=CCN(C(=O)OCc1ccc([N+](=O)[O-])cc1)C1CCN(CCC(C)(c2ccccc2)[C@H]2c3ccccc3C(=O)N2CC)CC1. The minimum absolute atomic E-state index is 0.00144. The highest BCUT2D eigenvalue weighted by Crippen LogP contribution is 2.49. The first-order chi connectivity index (χ1) is 21.8. The molecule has 0 saturated carbocycles. The van der Waals surface area contributed by atoms with Gasteiger partial charge in [0.15, 0.2) is 0 Å². The highest BCUT2D eigenvalue weighted by Gasteiger charge is 2.47. The summed E-state index contributed by atoms with van der Waals surface area (Å²) in [6.45, 7) is 11.8. The Hall–Kier alpha value is -4.50. The first-order valence-corrected chi connectivity index (χ1v) is 15.7. The molecular formula is C36H42N4O5. The highest BCUT2D eigenvalue weighted by molar-refractivity contribution is 5.99. The van der Waals surface area contributed by atoms with Crippen LogP contribution in [0.25, 0.3) is 0 Å². The van der Waals surface area contributed by atoms with Crippen molar-refractivity contribution in [2.45, 2.75) is 57.2 Å². The molecule has 2 atom stereocenters. The Labute approximate surface area is 265 Å². The van der Waals surface area contributed by atoms with Gasteiger partial charge in [0.1, 0.15) is 6.61 Å². The Morgan fingerprint density at radius 1 is 1.07 bits per heavy atom. The molecule has 2 aliphatic rings. The predicted octanol–water partition coefficient (Wildman–Crippen LogP) is 6.75. The third kappa shape index (κ3) is 6.78. The van der Waals surface area contributed by atoms with E-state index in [9.17, 15) is 19.7 Å². The van der Waals surface area contributed by atoms with E-state index in [4.69, 9.17) is 4.74 Å². The fourth-order valence-corrected chi connectivity index (χ4v) is 6.94. The van der Waals surface area contributed by atoms with Crippen LogP contribution in [-0.4, -0.2) is 70.4 Å². The molecule has 0 radical (unpaired) electrons. The Bertz CT molecular complexity index is 1500. The summed E-state index contributed by atoms with van der Waals surface area (Å²) in [4.78, 5) is 43.2. The van der Waals surface area contributed by atoms with Crippen LogP contribution in [0, 0.1) is 10.1 Å². The zero-order valence-electron chi connectivity index (χ0n) is 26.1. The molecule has 1 fully saturated rings. The topological polar surface area (TPSA) is 96.2 Å². The van der Waals surface area contributed by atoms with Gasteiger partial charge in [0.25, 0.3) is 11.6 Å². The summed E-state index contributed by atoms with van der Waals surface area (Å²) in [5.74, 6) is 0.101. The van der Waals surface area contributed by atoms with Crippen LogP contribution in [0.1, 0.15) is 66.2 Å². The summed E-state index contributed by atoms with van der Waals surface area (Å²) in [7, 11) is 0. The molecule has 2 aliphatic heterocycles. The molecule has 3 aromatic carbocycles. The van der Waals surface area contributed by atoms with Gasteiger partial charge >= 0.3 is 6.09 Å². The second kappa shape index (κ2) is 14.1. The van der Waals surface area contributed by atoms with Crippen molar-refractivity contribution in [2.75, 3.05) is 32.7 Å². The molecule has 1 unspecified atom stereocenters. The summed E-state index contributed by atoms with van der Waals surface area (Å²) in [6.07, 6.45) is 3.80. The summed E-state index contributed by atoms with van der Waals surface area (Å²) in [6, 6.07) is 24.6. The Balaban J connectivity index is 1.24. The highest BCUT2D eigenvalue weighted by atomic mass is 16.6. The van der Waals surface area contributed by atoms with E-state index in [-0.39, 0.29) is 35.7 Å². The largest absolute Gasteiger partial charge is 0.445 e. The summed E-state index contributed by atoms with van der Waals surface area (Å²) >= 11 is 0.